The molecule has 0 aliphatic heterocycles. The van der Waals surface area contributed by atoms with E-state index in [2.05, 4.69) is 49.0 Å². The summed E-state index contributed by atoms with van der Waals surface area (Å²) in [6.45, 7) is 8.93. The van der Waals surface area contributed by atoms with Crippen molar-refractivity contribution in [2.24, 2.45) is 0 Å². The van der Waals surface area contributed by atoms with Crippen LogP contribution in [-0.4, -0.2) is 26.4 Å². The average molecular weight is 363 g/mol. The van der Waals surface area contributed by atoms with Gasteiger partial charge in [-0.05, 0) is 36.3 Å². The highest BCUT2D eigenvalue weighted by Gasteiger charge is 2.30. The van der Waals surface area contributed by atoms with Crippen molar-refractivity contribution >= 4 is 22.4 Å². The Kier molecular flexibility index (Phi) is 4.13. The lowest BCUT2D eigenvalue weighted by atomic mass is 9.75. The van der Waals surface area contributed by atoms with Gasteiger partial charge in [-0.3, -0.25) is 4.40 Å². The Morgan fingerprint density at radius 2 is 2.04 bits per heavy atom. The normalized spacial score (nSPS) is 12.2. The van der Waals surface area contributed by atoms with Crippen molar-refractivity contribution < 1.29 is 4.42 Å². The van der Waals surface area contributed by atoms with Crippen LogP contribution in [0.25, 0.3) is 28.0 Å². The first-order valence-corrected chi connectivity index (χ1v) is 9.41. The van der Waals surface area contributed by atoms with Crippen molar-refractivity contribution in [3.8, 4) is 11.5 Å². The second-order valence-corrected chi connectivity index (χ2v) is 7.28. The van der Waals surface area contributed by atoms with Crippen LogP contribution in [0, 0.1) is 6.92 Å². The molecule has 1 N–H and O–H groups in total. The van der Waals surface area contributed by atoms with Crippen molar-refractivity contribution in [2.75, 3.05) is 12.4 Å². The van der Waals surface area contributed by atoms with Gasteiger partial charge < -0.3 is 9.73 Å². The Morgan fingerprint density at radius 3 is 2.67 bits per heavy atom. The lowest BCUT2D eigenvalue weighted by Gasteiger charge is -2.30. The molecule has 4 aromatic rings. The zero-order valence-electron chi connectivity index (χ0n) is 16.5. The van der Waals surface area contributed by atoms with E-state index in [1.165, 1.54) is 5.56 Å². The van der Waals surface area contributed by atoms with Gasteiger partial charge in [-0.25, -0.2) is 15.0 Å². The summed E-state index contributed by atoms with van der Waals surface area (Å²) in [5.41, 5.74) is 5.28. The molecule has 0 amide bonds. The first-order chi connectivity index (χ1) is 13.0. The molecule has 1 aromatic carbocycles. The zero-order valence-corrected chi connectivity index (χ0v) is 16.5. The van der Waals surface area contributed by atoms with E-state index in [1.54, 1.807) is 18.7 Å². The molecule has 6 heteroatoms. The molecule has 0 aliphatic carbocycles. The number of fused-ring (bicyclic) bond motifs is 3. The van der Waals surface area contributed by atoms with E-state index < -0.39 is 0 Å². The van der Waals surface area contributed by atoms with Crippen LogP contribution in [0.5, 0.6) is 0 Å². The van der Waals surface area contributed by atoms with Crippen molar-refractivity contribution in [1.29, 1.82) is 0 Å². The van der Waals surface area contributed by atoms with Gasteiger partial charge in [0, 0.05) is 12.4 Å². The van der Waals surface area contributed by atoms with Gasteiger partial charge in [-0.2, -0.15) is 0 Å². The van der Waals surface area contributed by atoms with Crippen molar-refractivity contribution in [2.45, 2.75) is 46.0 Å². The minimum atomic E-state index is 0.0413. The summed E-state index contributed by atoms with van der Waals surface area (Å²) in [4.78, 5) is 13.6. The molecule has 0 bridgehead atoms. The van der Waals surface area contributed by atoms with E-state index in [4.69, 9.17) is 9.40 Å². The fraction of sp³-hybridized carbons (Fsp3) is 0.381. The smallest absolute Gasteiger partial charge is 0.228 e. The summed E-state index contributed by atoms with van der Waals surface area (Å²) < 4.78 is 7.74. The number of oxazole rings is 1. The van der Waals surface area contributed by atoms with Crippen molar-refractivity contribution in [1.82, 2.24) is 19.4 Å². The van der Waals surface area contributed by atoms with Gasteiger partial charge in [-0.1, -0.05) is 26.8 Å². The van der Waals surface area contributed by atoms with Crippen LogP contribution >= 0.6 is 0 Å². The molecule has 0 atom stereocenters. The van der Waals surface area contributed by atoms with E-state index >= 15 is 0 Å². The largest absolute Gasteiger partial charge is 0.444 e. The van der Waals surface area contributed by atoms with Crippen LogP contribution in [-0.2, 0) is 5.41 Å². The number of rotatable bonds is 5. The Labute approximate surface area is 158 Å². The van der Waals surface area contributed by atoms with Crippen LogP contribution < -0.4 is 5.32 Å². The Bertz CT molecular complexity index is 1110. The predicted molar refractivity (Wildman–Crippen MR) is 108 cm³/mol. The monoisotopic (exact) mass is 363 g/mol. The van der Waals surface area contributed by atoms with Crippen LogP contribution in [0.15, 0.2) is 35.5 Å². The molecule has 0 aliphatic rings. The molecule has 140 valence electrons. The molecule has 0 saturated heterocycles. The first kappa shape index (κ1) is 17.5. The van der Waals surface area contributed by atoms with Crippen LogP contribution in [0.4, 0.5) is 5.82 Å². The zero-order chi connectivity index (χ0) is 19.2. The molecule has 27 heavy (non-hydrogen) atoms. The molecule has 0 spiro atoms. The number of hydrogen-bond acceptors (Lipinski definition) is 5. The van der Waals surface area contributed by atoms with Gasteiger partial charge in [0.1, 0.15) is 18.4 Å². The third-order valence-corrected chi connectivity index (χ3v) is 5.92. The molecule has 0 saturated carbocycles. The third kappa shape index (κ3) is 2.51. The van der Waals surface area contributed by atoms with Gasteiger partial charge in [0.25, 0.3) is 0 Å². The van der Waals surface area contributed by atoms with E-state index in [0.29, 0.717) is 5.89 Å². The molecule has 0 radical (unpaired) electrons. The summed E-state index contributed by atoms with van der Waals surface area (Å²) in [5, 5.41) is 4.41. The minimum Gasteiger partial charge on any atom is -0.444 e. The second-order valence-electron chi connectivity index (χ2n) is 7.28. The number of benzene rings is 1. The lowest BCUT2D eigenvalue weighted by molar-refractivity contribution is 0.442. The second kappa shape index (κ2) is 6.37. The number of nitrogens with zero attached hydrogens (tertiary/aromatic N) is 4. The minimum absolute atomic E-state index is 0.0413. The number of nitrogens with one attached hydrogen (secondary N) is 1. The summed E-state index contributed by atoms with van der Waals surface area (Å²) in [6.07, 6.45) is 8.97. The Hall–Kier alpha value is -2.89. The summed E-state index contributed by atoms with van der Waals surface area (Å²) in [5.74, 6) is 1.47. The van der Waals surface area contributed by atoms with Gasteiger partial charge in [0.05, 0.1) is 23.5 Å². The highest BCUT2D eigenvalue weighted by atomic mass is 16.3. The molecule has 0 unspecified atom stereocenters. The van der Waals surface area contributed by atoms with E-state index in [1.807, 2.05) is 17.8 Å². The maximum Gasteiger partial charge on any atom is 0.228 e. The quantitative estimate of drug-likeness (QED) is 0.542. The molecule has 3 heterocycles. The predicted octanol–water partition coefficient (Wildman–Crippen LogP) is 4.97. The summed E-state index contributed by atoms with van der Waals surface area (Å²) in [6, 6.07) is 2.28. The Morgan fingerprint density at radius 1 is 1.26 bits per heavy atom. The Balaban J connectivity index is 2.28. The average Bonchev–Trinajstić information content (AvgIpc) is 3.37. The molecular formula is C21H25N5O. The fourth-order valence-corrected chi connectivity index (χ4v) is 3.90. The molecule has 0 fully saturated rings. The SMILES string of the molecule is CCC(C)(CC)c1cc(C)c(-c2ncco2)c2c1c(NC)nc1cncn12. The van der Waals surface area contributed by atoms with Gasteiger partial charge in [0.2, 0.25) is 5.89 Å². The number of hydrogen-bond donors (Lipinski definition) is 1. The molecule has 4 rings (SSSR count). The van der Waals surface area contributed by atoms with Crippen molar-refractivity contribution in [3.63, 3.8) is 0 Å². The molecule has 3 aromatic heterocycles. The van der Waals surface area contributed by atoms with Gasteiger partial charge >= 0.3 is 0 Å². The molecular weight excluding hydrogens is 338 g/mol. The maximum atomic E-state index is 5.70. The number of imidazole rings is 1. The first-order valence-electron chi connectivity index (χ1n) is 9.41. The highest BCUT2D eigenvalue weighted by Crippen LogP contribution is 2.43. The van der Waals surface area contributed by atoms with Crippen LogP contribution in [0.2, 0.25) is 0 Å². The van der Waals surface area contributed by atoms with E-state index in [-0.39, 0.29) is 5.41 Å². The van der Waals surface area contributed by atoms with Crippen molar-refractivity contribution in [3.05, 3.63) is 42.2 Å². The standard InChI is InChI=1S/C21H25N5O/c1-6-21(4,7-2)14-10-13(3)16(20-24-8-9-27-20)18-17(14)19(22-5)25-15-11-23-12-26(15)18/h8-12H,6-7H2,1-5H3,(H,22,25). The van der Waals surface area contributed by atoms with Gasteiger partial charge in [-0.15, -0.1) is 0 Å². The highest BCUT2D eigenvalue weighted by molar-refractivity contribution is 6.03. The van der Waals surface area contributed by atoms with Gasteiger partial charge in [0.15, 0.2) is 5.65 Å². The van der Waals surface area contributed by atoms with Crippen LogP contribution in [0.3, 0.4) is 0 Å². The fourth-order valence-electron chi connectivity index (χ4n) is 3.90. The number of aromatic nitrogens is 4. The summed E-state index contributed by atoms with van der Waals surface area (Å²) in [7, 11) is 1.92. The van der Waals surface area contributed by atoms with Crippen LogP contribution in [0.1, 0.15) is 44.7 Å². The number of aryl methyl sites for hydroxylation is 1. The maximum absolute atomic E-state index is 5.70. The van der Waals surface area contributed by atoms with E-state index in [9.17, 15) is 0 Å². The topological polar surface area (TPSA) is 68.2 Å². The summed E-state index contributed by atoms with van der Waals surface area (Å²) >= 11 is 0. The molecule has 6 nitrogen and oxygen atoms in total. The lowest BCUT2D eigenvalue weighted by Crippen LogP contribution is -2.21. The van der Waals surface area contributed by atoms with E-state index in [0.717, 1.165) is 46.3 Å². The third-order valence-electron chi connectivity index (χ3n) is 5.92. The number of anilines is 1.